The predicted octanol–water partition coefficient (Wildman–Crippen LogP) is 4.65. The Morgan fingerprint density at radius 2 is 1.59 bits per heavy atom. The van der Waals surface area contributed by atoms with Crippen molar-refractivity contribution in [2.75, 3.05) is 23.7 Å². The van der Waals surface area contributed by atoms with Crippen molar-refractivity contribution in [2.24, 2.45) is 0 Å². The molecule has 0 radical (unpaired) electrons. The molecule has 0 heterocycles. The lowest BCUT2D eigenvalue weighted by molar-refractivity contribution is 0.445. The summed E-state index contributed by atoms with van der Waals surface area (Å²) >= 11 is 5.40. The minimum absolute atomic E-state index is 0.279. The molecule has 0 fully saturated rings. The van der Waals surface area contributed by atoms with E-state index in [4.69, 9.17) is 12.2 Å². The van der Waals surface area contributed by atoms with Crippen molar-refractivity contribution < 1.29 is 8.42 Å². The zero-order chi connectivity index (χ0) is 20.0. The summed E-state index contributed by atoms with van der Waals surface area (Å²) in [5.41, 5.74) is 2.88. The Morgan fingerprint density at radius 1 is 1.00 bits per heavy atom. The van der Waals surface area contributed by atoms with Gasteiger partial charge in [0.1, 0.15) is 0 Å². The fourth-order valence-electron chi connectivity index (χ4n) is 2.82. The first-order valence-electron chi connectivity index (χ1n) is 9.06. The van der Waals surface area contributed by atoms with Crippen molar-refractivity contribution in [3.05, 3.63) is 54.1 Å². The smallest absolute Gasteiger partial charge is 0.243 e. The van der Waals surface area contributed by atoms with E-state index in [1.807, 2.05) is 32.0 Å². The van der Waals surface area contributed by atoms with E-state index >= 15 is 0 Å². The molecule has 2 rings (SSSR count). The summed E-state index contributed by atoms with van der Waals surface area (Å²) in [6.45, 7) is 8.81. The lowest BCUT2D eigenvalue weighted by atomic mass is 10.0. The highest BCUT2D eigenvalue weighted by Gasteiger charge is 2.21. The van der Waals surface area contributed by atoms with Gasteiger partial charge < -0.3 is 10.6 Å². The zero-order valence-corrected chi connectivity index (χ0v) is 17.8. The van der Waals surface area contributed by atoms with Gasteiger partial charge in [-0.15, -0.1) is 0 Å². The second-order valence-corrected chi connectivity index (χ2v) is 8.78. The summed E-state index contributed by atoms with van der Waals surface area (Å²) in [5.74, 6) is 0.376. The summed E-state index contributed by atoms with van der Waals surface area (Å²) in [6.07, 6.45) is 0. The summed E-state index contributed by atoms with van der Waals surface area (Å²) in [7, 11) is -3.45. The van der Waals surface area contributed by atoms with Gasteiger partial charge in [-0.25, -0.2) is 8.42 Å². The maximum atomic E-state index is 12.5. The highest BCUT2D eigenvalue weighted by Crippen LogP contribution is 2.24. The van der Waals surface area contributed by atoms with Crippen LogP contribution in [0.4, 0.5) is 11.4 Å². The minimum atomic E-state index is -3.45. The second kappa shape index (κ2) is 9.30. The molecule has 0 aliphatic carbocycles. The molecule has 0 amide bonds. The number of nitrogens with one attached hydrogen (secondary N) is 2. The minimum Gasteiger partial charge on any atom is -0.332 e. The molecule has 0 saturated heterocycles. The lowest BCUT2D eigenvalue weighted by Gasteiger charge is -2.19. The monoisotopic (exact) mass is 405 g/mol. The molecule has 0 aliphatic rings. The third-order valence-corrected chi connectivity index (χ3v) is 6.55. The molecule has 27 heavy (non-hydrogen) atoms. The molecule has 0 atom stereocenters. The third kappa shape index (κ3) is 5.28. The highest BCUT2D eigenvalue weighted by atomic mass is 32.2. The van der Waals surface area contributed by atoms with Crippen molar-refractivity contribution in [3.8, 4) is 0 Å². The first-order valence-corrected chi connectivity index (χ1v) is 10.9. The van der Waals surface area contributed by atoms with Gasteiger partial charge in [0.25, 0.3) is 0 Å². The molecule has 2 aromatic carbocycles. The molecule has 0 bridgehead atoms. The Bertz CT molecular complexity index is 874. The van der Waals surface area contributed by atoms with Crippen molar-refractivity contribution in [2.45, 2.75) is 38.5 Å². The molecule has 0 saturated carbocycles. The number of rotatable bonds is 7. The molecule has 0 unspecified atom stereocenters. The summed E-state index contributed by atoms with van der Waals surface area (Å²) < 4.78 is 26.5. The first-order chi connectivity index (χ1) is 12.8. The third-order valence-electron chi connectivity index (χ3n) is 4.29. The van der Waals surface area contributed by atoms with Crippen LogP contribution in [0.25, 0.3) is 0 Å². The van der Waals surface area contributed by atoms with Gasteiger partial charge in [0, 0.05) is 24.5 Å². The topological polar surface area (TPSA) is 61.4 Å². The SMILES string of the molecule is CCN(CC)S(=O)(=O)c1ccc(NC(=S)Nc2ccccc2C(C)C)cc1. The number of nitrogens with zero attached hydrogens (tertiary/aromatic N) is 1. The number of thiocarbonyl (C=S) groups is 1. The van der Waals surface area contributed by atoms with E-state index in [1.165, 1.54) is 9.87 Å². The molecule has 0 aromatic heterocycles. The molecule has 146 valence electrons. The quantitative estimate of drug-likeness (QED) is 0.657. The van der Waals surface area contributed by atoms with E-state index in [0.29, 0.717) is 24.1 Å². The van der Waals surface area contributed by atoms with Crippen molar-refractivity contribution in [3.63, 3.8) is 0 Å². The maximum Gasteiger partial charge on any atom is 0.243 e. The van der Waals surface area contributed by atoms with Crippen molar-refractivity contribution in [1.29, 1.82) is 0 Å². The Labute approximate surface area is 167 Å². The van der Waals surface area contributed by atoms with Gasteiger partial charge in [0.2, 0.25) is 10.0 Å². The van der Waals surface area contributed by atoms with E-state index < -0.39 is 10.0 Å². The normalized spacial score (nSPS) is 11.6. The van der Waals surface area contributed by atoms with Gasteiger partial charge in [-0.3, -0.25) is 0 Å². The van der Waals surface area contributed by atoms with Gasteiger partial charge in [-0.2, -0.15) is 4.31 Å². The standard InChI is InChI=1S/C20H27N3O2S2/c1-5-23(6-2)27(24,25)17-13-11-16(12-14-17)21-20(26)22-19-10-8-7-9-18(19)15(3)4/h7-15H,5-6H2,1-4H3,(H2,21,22,26). The van der Waals surface area contributed by atoms with Crippen LogP contribution in [0.5, 0.6) is 0 Å². The number of hydrogen-bond donors (Lipinski definition) is 2. The maximum absolute atomic E-state index is 12.5. The lowest BCUT2D eigenvalue weighted by Crippen LogP contribution is -2.30. The van der Waals surface area contributed by atoms with Gasteiger partial charge in [-0.1, -0.05) is 45.9 Å². The summed E-state index contributed by atoms with van der Waals surface area (Å²) in [4.78, 5) is 0.279. The average Bonchev–Trinajstić information content (AvgIpc) is 2.63. The number of anilines is 2. The molecular weight excluding hydrogens is 378 g/mol. The second-order valence-electron chi connectivity index (χ2n) is 6.43. The van der Waals surface area contributed by atoms with Crippen LogP contribution in [0.2, 0.25) is 0 Å². The van der Waals surface area contributed by atoms with Crippen LogP contribution < -0.4 is 10.6 Å². The number of hydrogen-bond acceptors (Lipinski definition) is 3. The fraction of sp³-hybridized carbons (Fsp3) is 0.350. The van der Waals surface area contributed by atoms with Crippen molar-refractivity contribution in [1.82, 2.24) is 4.31 Å². The summed E-state index contributed by atoms with van der Waals surface area (Å²) in [6, 6.07) is 14.7. The molecular formula is C20H27N3O2S2. The van der Waals surface area contributed by atoms with E-state index in [2.05, 4.69) is 30.5 Å². The number of para-hydroxylation sites is 1. The average molecular weight is 406 g/mol. The molecule has 5 nitrogen and oxygen atoms in total. The summed E-state index contributed by atoms with van der Waals surface area (Å²) in [5, 5.41) is 6.78. The Kier molecular flexibility index (Phi) is 7.35. The molecule has 7 heteroatoms. The van der Waals surface area contributed by atoms with E-state index in [9.17, 15) is 8.42 Å². The predicted molar refractivity (Wildman–Crippen MR) is 117 cm³/mol. The van der Waals surface area contributed by atoms with Crippen molar-refractivity contribution >= 4 is 38.7 Å². The number of benzene rings is 2. The Hall–Kier alpha value is -1.96. The van der Waals surface area contributed by atoms with Crippen LogP contribution in [-0.2, 0) is 10.0 Å². The molecule has 0 aliphatic heterocycles. The highest BCUT2D eigenvalue weighted by molar-refractivity contribution is 7.89. The van der Waals surface area contributed by atoms with Gasteiger partial charge in [-0.05, 0) is 54.0 Å². The van der Waals surface area contributed by atoms with E-state index in [1.54, 1.807) is 24.3 Å². The molecule has 2 N–H and O–H groups in total. The van der Waals surface area contributed by atoms with Crippen LogP contribution >= 0.6 is 12.2 Å². The Morgan fingerprint density at radius 3 is 2.15 bits per heavy atom. The van der Waals surface area contributed by atoms with Gasteiger partial charge in [0.15, 0.2) is 5.11 Å². The van der Waals surface area contributed by atoms with Crippen LogP contribution in [0.3, 0.4) is 0 Å². The zero-order valence-electron chi connectivity index (χ0n) is 16.2. The van der Waals surface area contributed by atoms with E-state index in [0.717, 1.165) is 11.4 Å². The van der Waals surface area contributed by atoms with Crippen LogP contribution in [-0.4, -0.2) is 30.9 Å². The Balaban J connectivity index is 2.10. The molecule has 0 spiro atoms. The van der Waals surface area contributed by atoms with Crippen LogP contribution in [0.15, 0.2) is 53.4 Å². The molecule has 2 aromatic rings. The van der Waals surface area contributed by atoms with E-state index in [-0.39, 0.29) is 4.90 Å². The largest absolute Gasteiger partial charge is 0.332 e. The van der Waals surface area contributed by atoms with Crippen LogP contribution in [0, 0.1) is 0 Å². The fourth-order valence-corrected chi connectivity index (χ4v) is 4.51. The number of sulfonamides is 1. The van der Waals surface area contributed by atoms with Gasteiger partial charge in [0.05, 0.1) is 4.90 Å². The van der Waals surface area contributed by atoms with Crippen LogP contribution in [0.1, 0.15) is 39.2 Å². The van der Waals surface area contributed by atoms with Gasteiger partial charge >= 0.3 is 0 Å². The first kappa shape index (κ1) is 21.3.